The van der Waals surface area contributed by atoms with Crippen molar-refractivity contribution in [1.29, 1.82) is 0 Å². The zero-order chi connectivity index (χ0) is 29.6. The standard InChI is InChI=1S/C31H31NO9/c1-6-40-29(36)31(30(37)41-7-2)14-17-12-21-22(13-18(17)15-32(31)16(3)33)24-20-11-9-8-10-19(20)23(21)25(27(34)38-4)26(24)28(35)39-5/h8-13,23-24H,6-7,14-15H2,1-5H3/t23-,24+/m1/s1. The topological polar surface area (TPSA) is 126 Å². The first-order chi connectivity index (χ1) is 19.7. The van der Waals surface area contributed by atoms with Crippen LogP contribution in [0.15, 0.2) is 47.5 Å². The van der Waals surface area contributed by atoms with Gasteiger partial charge in [-0.2, -0.15) is 0 Å². The van der Waals surface area contributed by atoms with Crippen LogP contribution in [0.5, 0.6) is 0 Å². The number of nitrogens with zero attached hydrogens (tertiary/aromatic N) is 1. The van der Waals surface area contributed by atoms with E-state index in [4.69, 9.17) is 18.9 Å². The van der Waals surface area contributed by atoms with Crippen LogP contribution in [0.4, 0.5) is 0 Å². The van der Waals surface area contributed by atoms with Crippen molar-refractivity contribution < 1.29 is 42.9 Å². The zero-order valence-corrected chi connectivity index (χ0v) is 23.6. The van der Waals surface area contributed by atoms with Crippen LogP contribution in [0.2, 0.25) is 0 Å². The molecule has 1 aliphatic heterocycles. The SMILES string of the molecule is CCOC(=O)C1(C(=O)OCC)Cc2cc3c(cc2CN1C(C)=O)[C@H]1C(C(=O)OC)=C(C(=O)OC)[C@@H]3c2ccccc21. The maximum atomic E-state index is 13.4. The van der Waals surface area contributed by atoms with Crippen LogP contribution >= 0.6 is 0 Å². The minimum absolute atomic E-state index is 0.00685. The van der Waals surface area contributed by atoms with Crippen molar-refractivity contribution in [2.24, 2.45) is 0 Å². The third-order valence-corrected chi connectivity index (χ3v) is 8.17. The van der Waals surface area contributed by atoms with E-state index in [1.807, 2.05) is 36.4 Å². The van der Waals surface area contributed by atoms with Gasteiger partial charge in [-0.05, 0) is 47.2 Å². The first-order valence-electron chi connectivity index (χ1n) is 13.4. The first kappa shape index (κ1) is 28.1. The number of carbonyl (C=O) groups excluding carboxylic acids is 5. The lowest BCUT2D eigenvalue weighted by Gasteiger charge is -2.45. The van der Waals surface area contributed by atoms with Crippen LogP contribution in [0.1, 0.15) is 66.0 Å². The molecule has 6 rings (SSSR count). The lowest BCUT2D eigenvalue weighted by molar-refractivity contribution is -0.180. The predicted molar refractivity (Wildman–Crippen MR) is 144 cm³/mol. The molecule has 0 saturated carbocycles. The van der Waals surface area contributed by atoms with E-state index in [1.165, 1.54) is 26.0 Å². The second kappa shape index (κ2) is 10.5. The zero-order valence-electron chi connectivity index (χ0n) is 23.6. The smallest absolute Gasteiger partial charge is 0.344 e. The highest BCUT2D eigenvalue weighted by molar-refractivity contribution is 6.09. The Morgan fingerprint density at radius 2 is 1.24 bits per heavy atom. The van der Waals surface area contributed by atoms with Gasteiger partial charge in [-0.1, -0.05) is 36.4 Å². The highest BCUT2D eigenvalue weighted by Gasteiger charge is 2.58. The van der Waals surface area contributed by atoms with Gasteiger partial charge in [-0.15, -0.1) is 0 Å². The minimum Gasteiger partial charge on any atom is -0.466 e. The number of amides is 1. The van der Waals surface area contributed by atoms with Crippen LogP contribution in [-0.4, -0.2) is 67.7 Å². The summed E-state index contributed by atoms with van der Waals surface area (Å²) in [6.07, 6.45) is -0.174. The minimum atomic E-state index is -2.01. The maximum absolute atomic E-state index is 13.4. The highest BCUT2D eigenvalue weighted by atomic mass is 16.6. The molecule has 2 atom stereocenters. The van der Waals surface area contributed by atoms with Gasteiger partial charge < -0.3 is 23.8 Å². The number of fused-ring (bicyclic) bond motifs is 1. The van der Waals surface area contributed by atoms with Crippen LogP contribution in [0, 0.1) is 0 Å². The molecule has 0 radical (unpaired) electrons. The van der Waals surface area contributed by atoms with Crippen molar-refractivity contribution in [2.75, 3.05) is 27.4 Å². The summed E-state index contributed by atoms with van der Waals surface area (Å²) in [5, 5.41) is 0. The van der Waals surface area contributed by atoms with E-state index in [2.05, 4.69) is 0 Å². The van der Waals surface area contributed by atoms with E-state index in [-0.39, 0.29) is 37.3 Å². The molecular weight excluding hydrogens is 530 g/mol. The van der Waals surface area contributed by atoms with E-state index in [0.717, 1.165) is 22.3 Å². The lowest BCUT2D eigenvalue weighted by Crippen LogP contribution is -2.65. The van der Waals surface area contributed by atoms with Crippen molar-refractivity contribution in [3.05, 3.63) is 80.9 Å². The number of hydrogen-bond acceptors (Lipinski definition) is 9. The van der Waals surface area contributed by atoms with Crippen molar-refractivity contribution in [2.45, 2.75) is 51.1 Å². The number of benzene rings is 2. The lowest BCUT2D eigenvalue weighted by atomic mass is 9.60. The average molecular weight is 562 g/mol. The van der Waals surface area contributed by atoms with E-state index in [9.17, 15) is 24.0 Å². The number of hydrogen-bond donors (Lipinski definition) is 0. The number of carbonyl (C=O) groups is 5. The van der Waals surface area contributed by atoms with Gasteiger partial charge in [0.1, 0.15) is 0 Å². The summed E-state index contributed by atoms with van der Waals surface area (Å²) in [7, 11) is 2.52. The molecule has 0 unspecified atom stereocenters. The van der Waals surface area contributed by atoms with Gasteiger partial charge in [-0.25, -0.2) is 19.2 Å². The Bertz CT molecular complexity index is 1500. The fourth-order valence-electron chi connectivity index (χ4n) is 6.53. The largest absolute Gasteiger partial charge is 0.466 e. The average Bonchev–Trinajstić information content (AvgIpc) is 2.98. The molecule has 1 amide bonds. The summed E-state index contributed by atoms with van der Waals surface area (Å²) in [6.45, 7) is 4.48. The number of esters is 4. The summed E-state index contributed by atoms with van der Waals surface area (Å²) in [4.78, 5) is 67.3. The molecule has 214 valence electrons. The Morgan fingerprint density at radius 3 is 1.66 bits per heavy atom. The van der Waals surface area contributed by atoms with Crippen molar-refractivity contribution in [3.8, 4) is 0 Å². The monoisotopic (exact) mass is 561 g/mol. The molecule has 0 fully saturated rings. The number of methoxy groups -OCH3 is 2. The predicted octanol–water partition coefficient (Wildman–Crippen LogP) is 2.69. The van der Waals surface area contributed by atoms with Crippen molar-refractivity contribution in [3.63, 3.8) is 0 Å². The Balaban J connectivity index is 1.76. The molecule has 0 spiro atoms. The fraction of sp³-hybridized carbons (Fsp3) is 0.387. The van der Waals surface area contributed by atoms with Crippen LogP contribution < -0.4 is 0 Å². The Kier molecular flexibility index (Phi) is 7.19. The van der Waals surface area contributed by atoms with Crippen molar-refractivity contribution >= 4 is 29.8 Å². The molecule has 2 aromatic carbocycles. The summed E-state index contributed by atoms with van der Waals surface area (Å²) >= 11 is 0. The van der Waals surface area contributed by atoms with E-state index in [1.54, 1.807) is 13.8 Å². The molecule has 0 saturated heterocycles. The molecular formula is C31H31NO9. The molecule has 10 nitrogen and oxygen atoms in total. The highest BCUT2D eigenvalue weighted by Crippen LogP contribution is 2.57. The number of ether oxygens (including phenoxy) is 4. The first-order valence-corrected chi connectivity index (χ1v) is 13.4. The molecule has 41 heavy (non-hydrogen) atoms. The second-order valence-electron chi connectivity index (χ2n) is 10.1. The normalized spacial score (nSPS) is 19.4. The Hall–Kier alpha value is -4.47. The fourth-order valence-corrected chi connectivity index (χ4v) is 6.53. The Morgan fingerprint density at radius 1 is 0.780 bits per heavy atom. The summed E-state index contributed by atoms with van der Waals surface area (Å²) in [5.41, 5.74) is 2.98. The molecule has 10 heteroatoms. The van der Waals surface area contributed by atoms with Crippen LogP contribution in [0.25, 0.3) is 0 Å². The summed E-state index contributed by atoms with van der Waals surface area (Å²) in [6, 6.07) is 11.3. The van der Waals surface area contributed by atoms with Gasteiger partial charge in [0, 0.05) is 31.7 Å². The molecule has 0 N–H and O–H groups in total. The second-order valence-corrected chi connectivity index (χ2v) is 10.1. The Labute approximate surface area is 237 Å². The third-order valence-electron chi connectivity index (χ3n) is 8.17. The summed E-state index contributed by atoms with van der Waals surface area (Å²) in [5.74, 6) is -4.78. The molecule has 0 aromatic heterocycles. The maximum Gasteiger partial charge on any atom is 0.344 e. The van der Waals surface area contributed by atoms with Crippen molar-refractivity contribution in [1.82, 2.24) is 4.90 Å². The third kappa shape index (κ3) is 4.03. The van der Waals surface area contributed by atoms with Gasteiger partial charge in [-0.3, -0.25) is 4.79 Å². The molecule has 1 heterocycles. The molecule has 3 aliphatic carbocycles. The van der Waals surface area contributed by atoms with Gasteiger partial charge in [0.05, 0.1) is 38.6 Å². The van der Waals surface area contributed by atoms with Gasteiger partial charge >= 0.3 is 23.9 Å². The molecule has 4 aliphatic rings. The van der Waals surface area contributed by atoms with Gasteiger partial charge in [0.2, 0.25) is 11.4 Å². The van der Waals surface area contributed by atoms with E-state index >= 15 is 0 Å². The van der Waals surface area contributed by atoms with Gasteiger partial charge in [0.15, 0.2) is 0 Å². The van der Waals surface area contributed by atoms with Gasteiger partial charge in [0.25, 0.3) is 0 Å². The molecule has 2 aromatic rings. The van der Waals surface area contributed by atoms with E-state index < -0.39 is 47.2 Å². The number of rotatable bonds is 6. The quantitative estimate of drug-likeness (QED) is 0.297. The molecule has 2 bridgehead atoms. The summed E-state index contributed by atoms with van der Waals surface area (Å²) < 4.78 is 20.9. The van der Waals surface area contributed by atoms with Crippen LogP contribution in [0.3, 0.4) is 0 Å². The van der Waals surface area contributed by atoms with E-state index in [0.29, 0.717) is 11.1 Å². The van der Waals surface area contributed by atoms with Crippen LogP contribution in [-0.2, 0) is 55.9 Å².